The van der Waals surface area contributed by atoms with Gasteiger partial charge in [-0.25, -0.2) is 0 Å². The van der Waals surface area contributed by atoms with Gasteiger partial charge in [-0.05, 0) is 36.4 Å². The molecule has 0 aliphatic carbocycles. The van der Waals surface area contributed by atoms with Gasteiger partial charge in [0.05, 0.1) is 11.3 Å². The Morgan fingerprint density at radius 2 is 1.96 bits per heavy atom. The van der Waals surface area contributed by atoms with Gasteiger partial charge in [-0.15, -0.1) is 0 Å². The Kier molecular flexibility index (Phi) is 5.70. The SMILES string of the molecule is O=C(COc1ccc(Cl)c2cccnc12)NCCNC(=O)c1ccco1. The van der Waals surface area contributed by atoms with Crippen molar-refractivity contribution in [1.82, 2.24) is 15.6 Å². The number of fused-ring (bicyclic) bond motifs is 1. The van der Waals surface area contributed by atoms with Gasteiger partial charge in [-0.2, -0.15) is 0 Å². The molecule has 134 valence electrons. The molecule has 0 saturated carbocycles. The second-order valence-electron chi connectivity index (χ2n) is 5.32. The van der Waals surface area contributed by atoms with Crippen LogP contribution in [0.3, 0.4) is 0 Å². The molecule has 26 heavy (non-hydrogen) atoms. The average molecular weight is 374 g/mol. The molecule has 0 fully saturated rings. The Labute approximate surface area is 154 Å². The topological polar surface area (TPSA) is 93.5 Å². The van der Waals surface area contributed by atoms with Crippen molar-refractivity contribution >= 4 is 34.3 Å². The molecule has 0 saturated heterocycles. The van der Waals surface area contributed by atoms with E-state index in [1.807, 2.05) is 6.07 Å². The molecule has 2 amide bonds. The summed E-state index contributed by atoms with van der Waals surface area (Å²) in [5.41, 5.74) is 0.596. The summed E-state index contributed by atoms with van der Waals surface area (Å²) in [4.78, 5) is 27.8. The van der Waals surface area contributed by atoms with Crippen molar-refractivity contribution in [3.05, 3.63) is 59.6 Å². The minimum absolute atomic E-state index is 0.167. The average Bonchev–Trinajstić information content (AvgIpc) is 3.20. The minimum atomic E-state index is -0.334. The fraction of sp³-hybridized carbons (Fsp3) is 0.167. The van der Waals surface area contributed by atoms with Gasteiger partial charge in [-0.3, -0.25) is 14.6 Å². The normalized spacial score (nSPS) is 10.5. The highest BCUT2D eigenvalue weighted by molar-refractivity contribution is 6.35. The van der Waals surface area contributed by atoms with Crippen LogP contribution in [0.1, 0.15) is 10.6 Å². The van der Waals surface area contributed by atoms with Gasteiger partial charge < -0.3 is 19.8 Å². The lowest BCUT2D eigenvalue weighted by molar-refractivity contribution is -0.123. The van der Waals surface area contributed by atoms with Gasteiger partial charge in [0.25, 0.3) is 11.8 Å². The fourth-order valence-corrected chi connectivity index (χ4v) is 2.51. The smallest absolute Gasteiger partial charge is 0.287 e. The molecule has 3 rings (SSSR count). The van der Waals surface area contributed by atoms with Crippen LogP contribution in [0.5, 0.6) is 5.75 Å². The Morgan fingerprint density at radius 1 is 1.12 bits per heavy atom. The molecule has 0 aliphatic rings. The van der Waals surface area contributed by atoms with Gasteiger partial charge in [-0.1, -0.05) is 11.6 Å². The molecule has 0 radical (unpaired) electrons. The van der Waals surface area contributed by atoms with E-state index in [1.165, 1.54) is 6.26 Å². The van der Waals surface area contributed by atoms with Crippen LogP contribution in [0.15, 0.2) is 53.3 Å². The maximum Gasteiger partial charge on any atom is 0.287 e. The summed E-state index contributed by atoms with van der Waals surface area (Å²) in [5, 5.41) is 6.61. The van der Waals surface area contributed by atoms with Gasteiger partial charge in [0.2, 0.25) is 0 Å². The van der Waals surface area contributed by atoms with Gasteiger partial charge in [0.15, 0.2) is 12.4 Å². The summed E-state index contributed by atoms with van der Waals surface area (Å²) < 4.78 is 10.5. The van der Waals surface area contributed by atoms with Crippen molar-refractivity contribution in [2.45, 2.75) is 0 Å². The molecule has 0 bridgehead atoms. The number of hydrogen-bond donors (Lipinski definition) is 2. The third-order valence-electron chi connectivity index (χ3n) is 3.52. The van der Waals surface area contributed by atoms with E-state index in [4.69, 9.17) is 20.8 Å². The van der Waals surface area contributed by atoms with Crippen LogP contribution in [-0.2, 0) is 4.79 Å². The van der Waals surface area contributed by atoms with Crippen molar-refractivity contribution < 1.29 is 18.7 Å². The van der Waals surface area contributed by atoms with E-state index in [2.05, 4.69) is 15.6 Å². The summed E-state index contributed by atoms with van der Waals surface area (Å²) in [7, 11) is 0. The predicted octanol–water partition coefficient (Wildman–Crippen LogP) is 2.41. The standard InChI is InChI=1S/C18H16ClN3O4/c19-13-5-6-14(17-12(13)3-1-7-21-17)26-11-16(23)20-8-9-22-18(24)15-4-2-10-25-15/h1-7,10H,8-9,11H2,(H,20,23)(H,22,24). The van der Waals surface area contributed by atoms with Crippen molar-refractivity contribution in [2.75, 3.05) is 19.7 Å². The van der Waals surface area contributed by atoms with Crippen molar-refractivity contribution in [2.24, 2.45) is 0 Å². The van der Waals surface area contributed by atoms with Crippen LogP contribution in [-0.4, -0.2) is 36.5 Å². The zero-order valence-corrected chi connectivity index (χ0v) is 14.5. The predicted molar refractivity (Wildman–Crippen MR) is 96.3 cm³/mol. The Hall–Kier alpha value is -3.06. The molecule has 2 aromatic heterocycles. The van der Waals surface area contributed by atoms with E-state index in [0.29, 0.717) is 16.3 Å². The number of amides is 2. The maximum absolute atomic E-state index is 11.9. The molecular formula is C18H16ClN3O4. The fourth-order valence-electron chi connectivity index (χ4n) is 2.30. The molecule has 1 aromatic carbocycles. The van der Waals surface area contributed by atoms with Crippen molar-refractivity contribution in [3.8, 4) is 5.75 Å². The zero-order valence-electron chi connectivity index (χ0n) is 13.7. The first-order valence-corrected chi connectivity index (χ1v) is 8.27. The van der Waals surface area contributed by atoms with Crippen LogP contribution < -0.4 is 15.4 Å². The number of ether oxygens (including phenoxy) is 1. The second-order valence-corrected chi connectivity index (χ2v) is 5.72. The number of nitrogens with zero attached hydrogens (tertiary/aromatic N) is 1. The van der Waals surface area contributed by atoms with E-state index in [9.17, 15) is 9.59 Å². The lowest BCUT2D eigenvalue weighted by Crippen LogP contribution is -2.36. The molecule has 0 unspecified atom stereocenters. The molecule has 0 atom stereocenters. The van der Waals surface area contributed by atoms with E-state index in [0.717, 1.165) is 5.39 Å². The monoisotopic (exact) mass is 373 g/mol. The molecule has 3 aromatic rings. The van der Waals surface area contributed by atoms with Gasteiger partial charge in [0.1, 0.15) is 11.3 Å². The Balaban J connectivity index is 1.45. The van der Waals surface area contributed by atoms with Crippen molar-refractivity contribution in [3.63, 3.8) is 0 Å². The summed E-state index contributed by atoms with van der Waals surface area (Å²) in [6.45, 7) is 0.379. The number of halogens is 1. The van der Waals surface area contributed by atoms with Gasteiger partial charge >= 0.3 is 0 Å². The third kappa shape index (κ3) is 4.31. The first kappa shape index (κ1) is 17.8. The van der Waals surface area contributed by atoms with Crippen LogP contribution in [0.25, 0.3) is 10.9 Å². The van der Waals surface area contributed by atoms with Crippen LogP contribution in [0.2, 0.25) is 5.02 Å². The molecule has 2 heterocycles. The zero-order chi connectivity index (χ0) is 18.4. The molecule has 2 N–H and O–H groups in total. The summed E-state index contributed by atoms with van der Waals surface area (Å²) >= 11 is 6.12. The lowest BCUT2D eigenvalue weighted by Gasteiger charge is -2.10. The first-order valence-electron chi connectivity index (χ1n) is 7.89. The quantitative estimate of drug-likeness (QED) is 0.620. The molecule has 0 spiro atoms. The van der Waals surface area contributed by atoms with Crippen LogP contribution in [0.4, 0.5) is 0 Å². The number of nitrogens with one attached hydrogen (secondary N) is 2. The molecule has 8 heteroatoms. The minimum Gasteiger partial charge on any atom is -0.481 e. The second kappa shape index (κ2) is 8.35. The summed E-state index contributed by atoms with van der Waals surface area (Å²) in [6, 6.07) is 10.2. The summed E-state index contributed by atoms with van der Waals surface area (Å²) in [6.07, 6.45) is 3.05. The number of benzene rings is 1. The number of hydrogen-bond acceptors (Lipinski definition) is 5. The van der Waals surface area contributed by atoms with E-state index < -0.39 is 0 Å². The van der Waals surface area contributed by atoms with Crippen LogP contribution in [0, 0.1) is 0 Å². The Bertz CT molecular complexity index is 912. The number of pyridine rings is 1. The molecular weight excluding hydrogens is 358 g/mol. The highest BCUT2D eigenvalue weighted by Crippen LogP contribution is 2.29. The summed E-state index contributed by atoms with van der Waals surface area (Å²) in [5.74, 6) is 0.0588. The molecule has 7 nitrogen and oxygen atoms in total. The maximum atomic E-state index is 11.9. The highest BCUT2D eigenvalue weighted by Gasteiger charge is 2.10. The largest absolute Gasteiger partial charge is 0.481 e. The van der Waals surface area contributed by atoms with E-state index >= 15 is 0 Å². The lowest BCUT2D eigenvalue weighted by atomic mass is 10.2. The highest BCUT2D eigenvalue weighted by atomic mass is 35.5. The van der Waals surface area contributed by atoms with Gasteiger partial charge in [0, 0.05) is 24.7 Å². The first-order chi connectivity index (χ1) is 12.6. The third-order valence-corrected chi connectivity index (χ3v) is 3.85. The Morgan fingerprint density at radius 3 is 2.77 bits per heavy atom. The van der Waals surface area contributed by atoms with E-state index in [1.54, 1.807) is 36.5 Å². The van der Waals surface area contributed by atoms with Crippen LogP contribution >= 0.6 is 11.6 Å². The molecule has 0 aliphatic heterocycles. The van der Waals surface area contributed by atoms with E-state index in [-0.39, 0.29) is 37.3 Å². The van der Waals surface area contributed by atoms with Crippen molar-refractivity contribution in [1.29, 1.82) is 0 Å². The number of rotatable bonds is 7. The number of aromatic nitrogens is 1. The number of carbonyl (C=O) groups excluding carboxylic acids is 2. The number of furan rings is 1. The number of carbonyl (C=O) groups is 2.